The van der Waals surface area contributed by atoms with Gasteiger partial charge in [-0.3, -0.25) is 0 Å². The van der Waals surface area contributed by atoms with Crippen LogP contribution in [0.15, 0.2) is 0 Å². The van der Waals surface area contributed by atoms with E-state index >= 15 is 0 Å². The lowest BCUT2D eigenvalue weighted by molar-refractivity contribution is 0.358. The van der Waals surface area contributed by atoms with E-state index in [4.69, 9.17) is 10.3 Å². The first-order chi connectivity index (χ1) is 10.6. The number of halogens is 1. The Bertz CT molecular complexity index is 521. The predicted octanol–water partition coefficient (Wildman–Crippen LogP) is -0.553. The molecule has 23 heavy (non-hydrogen) atoms. The number of alkyl halides is 1. The highest BCUT2D eigenvalue weighted by atomic mass is 127. The smallest absolute Gasteiger partial charge is 0.213 e. The third-order valence-corrected chi connectivity index (χ3v) is 6.27. The van der Waals surface area contributed by atoms with Crippen LogP contribution in [0.3, 0.4) is 0 Å². The maximum absolute atomic E-state index is 10.8. The fourth-order valence-corrected chi connectivity index (χ4v) is 3.91. The van der Waals surface area contributed by atoms with Gasteiger partial charge >= 0.3 is 0 Å². The zero-order valence-electron chi connectivity index (χ0n) is 13.7. The first-order valence-corrected chi connectivity index (χ1v) is 12.3. The number of nitrogens with zero attached hydrogens (tertiary/aromatic N) is 1. The molecule has 2 fully saturated rings. The minimum absolute atomic E-state index is 0.331. The lowest BCUT2D eigenvalue weighted by atomic mass is 10.4. The third kappa shape index (κ3) is 10.1. The van der Waals surface area contributed by atoms with Gasteiger partial charge in [0, 0.05) is 13.1 Å². The molecule has 0 aliphatic carbocycles. The van der Waals surface area contributed by atoms with Gasteiger partial charge in [-0.1, -0.05) is 36.4 Å². The van der Waals surface area contributed by atoms with Crippen molar-refractivity contribution in [2.45, 2.75) is 37.2 Å². The van der Waals surface area contributed by atoms with Crippen LogP contribution >= 0.6 is 22.6 Å². The Labute approximate surface area is 154 Å². The molecule has 2 atom stereocenters. The molecule has 0 saturated carbocycles. The second kappa shape index (κ2) is 11.2. The molecule has 5 N–H and O–H groups in total. The number of hydrogen-bond donors (Lipinski definition) is 3. The van der Waals surface area contributed by atoms with E-state index in [1.165, 1.54) is 4.43 Å². The Balaban J connectivity index is 0.000000365. The molecule has 8 nitrogen and oxygen atoms in total. The quantitative estimate of drug-likeness (QED) is 0.363. The largest absolute Gasteiger partial charge is 0.315 e. The molecule has 2 saturated heterocycles. The standard InChI is InChI=1S/C6H14N2O2S.C4H10N2O2S.C2H5I/c1-2-8-4-3-6(5-8)11(7,9)10;5-9(7,8)4-1-2-6-3-4;1-2-3/h6H,2-5H2,1H3,(H2,7,9,10);4,6H,1-3H2,(H2,5,7,8);2H2,1H3. The first kappa shape index (κ1) is 23.5. The van der Waals surface area contributed by atoms with Gasteiger partial charge in [-0.25, -0.2) is 27.1 Å². The van der Waals surface area contributed by atoms with E-state index < -0.39 is 20.0 Å². The highest BCUT2D eigenvalue weighted by molar-refractivity contribution is 14.1. The van der Waals surface area contributed by atoms with Crippen molar-refractivity contribution in [1.82, 2.24) is 10.2 Å². The van der Waals surface area contributed by atoms with Crippen molar-refractivity contribution in [2.24, 2.45) is 10.3 Å². The molecule has 2 aliphatic rings. The lowest BCUT2D eigenvalue weighted by Crippen LogP contribution is -2.31. The lowest BCUT2D eigenvalue weighted by Gasteiger charge is -2.11. The van der Waals surface area contributed by atoms with Crippen molar-refractivity contribution in [3.8, 4) is 0 Å². The normalized spacial score (nSPS) is 25.3. The molecule has 0 amide bonds. The summed E-state index contributed by atoms with van der Waals surface area (Å²) < 4.78 is 44.1. The van der Waals surface area contributed by atoms with Crippen LogP contribution in [0, 0.1) is 0 Å². The molecule has 2 rings (SSSR count). The van der Waals surface area contributed by atoms with Crippen molar-refractivity contribution >= 4 is 42.6 Å². The second-order valence-electron chi connectivity index (χ2n) is 5.36. The topological polar surface area (TPSA) is 136 Å². The number of hydrogen-bond acceptors (Lipinski definition) is 6. The van der Waals surface area contributed by atoms with Crippen molar-refractivity contribution in [1.29, 1.82) is 0 Å². The van der Waals surface area contributed by atoms with Crippen LogP contribution in [0.1, 0.15) is 26.7 Å². The third-order valence-electron chi connectivity index (χ3n) is 3.62. The summed E-state index contributed by atoms with van der Waals surface area (Å²) >= 11 is 2.29. The van der Waals surface area contributed by atoms with Crippen LogP contribution < -0.4 is 15.6 Å². The Morgan fingerprint density at radius 3 is 1.83 bits per heavy atom. The van der Waals surface area contributed by atoms with E-state index in [0.717, 1.165) is 19.6 Å². The monoisotopic (exact) mass is 484 g/mol. The van der Waals surface area contributed by atoms with Gasteiger partial charge < -0.3 is 10.2 Å². The zero-order valence-corrected chi connectivity index (χ0v) is 17.5. The molecule has 0 bridgehead atoms. The van der Waals surface area contributed by atoms with Gasteiger partial charge in [0.25, 0.3) is 0 Å². The van der Waals surface area contributed by atoms with Gasteiger partial charge in [-0.2, -0.15) is 0 Å². The fourth-order valence-electron chi connectivity index (χ4n) is 2.26. The molecule has 2 aliphatic heterocycles. The summed E-state index contributed by atoms with van der Waals surface area (Å²) in [5, 5.41) is 12.1. The van der Waals surface area contributed by atoms with Crippen LogP contribution in [0.25, 0.3) is 0 Å². The van der Waals surface area contributed by atoms with E-state index in [9.17, 15) is 16.8 Å². The summed E-state index contributed by atoms with van der Waals surface area (Å²) in [5.41, 5.74) is 0. The summed E-state index contributed by atoms with van der Waals surface area (Å²) in [5.74, 6) is 0. The van der Waals surface area contributed by atoms with Gasteiger partial charge in [0.1, 0.15) is 0 Å². The molecule has 0 spiro atoms. The number of likely N-dealkylation sites (tertiary alicyclic amines) is 1. The minimum atomic E-state index is -3.29. The molecule has 0 aromatic rings. The van der Waals surface area contributed by atoms with Crippen LogP contribution in [0.5, 0.6) is 0 Å². The molecular weight excluding hydrogens is 455 g/mol. The molecule has 2 heterocycles. The van der Waals surface area contributed by atoms with Gasteiger partial charge in [-0.15, -0.1) is 0 Å². The molecule has 140 valence electrons. The summed E-state index contributed by atoms with van der Waals surface area (Å²) in [7, 11) is -6.55. The van der Waals surface area contributed by atoms with Crippen molar-refractivity contribution < 1.29 is 16.8 Å². The predicted molar refractivity (Wildman–Crippen MR) is 103 cm³/mol. The van der Waals surface area contributed by atoms with Gasteiger partial charge in [-0.05, 0) is 36.9 Å². The molecule has 2 unspecified atom stereocenters. The SMILES string of the molecule is CCI.CCN1CCC(S(N)(=O)=O)C1.NS(=O)(=O)C1CCNC1. The van der Waals surface area contributed by atoms with E-state index in [-0.39, 0.29) is 10.5 Å². The number of nitrogens with two attached hydrogens (primary N) is 2. The van der Waals surface area contributed by atoms with Crippen molar-refractivity contribution in [2.75, 3.05) is 37.2 Å². The van der Waals surface area contributed by atoms with Crippen molar-refractivity contribution in [3.63, 3.8) is 0 Å². The summed E-state index contributed by atoms with van der Waals surface area (Å²) in [4.78, 5) is 2.09. The van der Waals surface area contributed by atoms with Gasteiger partial charge in [0.15, 0.2) is 0 Å². The fraction of sp³-hybridized carbons (Fsp3) is 1.00. The summed E-state index contributed by atoms with van der Waals surface area (Å²) in [6.07, 6.45) is 1.34. The zero-order chi connectivity index (χ0) is 18.1. The Hall–Kier alpha value is 0.470. The highest BCUT2D eigenvalue weighted by Crippen LogP contribution is 2.13. The van der Waals surface area contributed by atoms with Gasteiger partial charge in [0.05, 0.1) is 10.5 Å². The van der Waals surface area contributed by atoms with E-state index in [1.54, 1.807) is 0 Å². The second-order valence-corrected chi connectivity index (χ2v) is 10.6. The summed E-state index contributed by atoms with van der Waals surface area (Å²) in [6, 6.07) is 0. The van der Waals surface area contributed by atoms with Crippen molar-refractivity contribution in [3.05, 3.63) is 0 Å². The Morgan fingerprint density at radius 1 is 1.09 bits per heavy atom. The molecule has 0 radical (unpaired) electrons. The molecule has 0 aromatic heterocycles. The van der Waals surface area contributed by atoms with Crippen LogP contribution in [-0.4, -0.2) is 69.4 Å². The maximum atomic E-state index is 10.8. The minimum Gasteiger partial charge on any atom is -0.315 e. The van der Waals surface area contributed by atoms with Crippen LogP contribution in [0.2, 0.25) is 0 Å². The van der Waals surface area contributed by atoms with E-state index in [0.29, 0.717) is 25.9 Å². The Kier molecular flexibility index (Phi) is 11.4. The average molecular weight is 484 g/mol. The van der Waals surface area contributed by atoms with Gasteiger partial charge in [0.2, 0.25) is 20.0 Å². The number of rotatable bonds is 3. The molecular formula is C12H29IN4O4S2. The Morgan fingerprint density at radius 2 is 1.61 bits per heavy atom. The number of primary sulfonamides is 2. The number of sulfonamides is 2. The average Bonchev–Trinajstić information content (AvgIpc) is 3.11. The number of nitrogens with one attached hydrogen (secondary N) is 1. The molecule has 0 aromatic carbocycles. The van der Waals surface area contributed by atoms with E-state index in [2.05, 4.69) is 39.7 Å². The first-order valence-electron chi connectivity index (χ1n) is 7.58. The highest BCUT2D eigenvalue weighted by Gasteiger charge is 2.29. The molecule has 11 heteroatoms. The van der Waals surface area contributed by atoms with Crippen LogP contribution in [-0.2, 0) is 20.0 Å². The summed E-state index contributed by atoms with van der Waals surface area (Å²) in [6.45, 7) is 7.78. The maximum Gasteiger partial charge on any atom is 0.213 e. The van der Waals surface area contributed by atoms with Crippen LogP contribution in [0.4, 0.5) is 0 Å². The van der Waals surface area contributed by atoms with E-state index in [1.807, 2.05) is 6.92 Å².